The van der Waals surface area contributed by atoms with Crippen LogP contribution in [-0.2, 0) is 4.79 Å². The topological polar surface area (TPSA) is 44.4 Å². The predicted octanol–water partition coefficient (Wildman–Crippen LogP) is 1.37. The maximum Gasteiger partial charge on any atom is 0.234 e. The van der Waals surface area contributed by atoms with Gasteiger partial charge in [-0.2, -0.15) is 0 Å². The van der Waals surface area contributed by atoms with Crippen molar-refractivity contribution in [2.45, 2.75) is 57.5 Å². The van der Waals surface area contributed by atoms with Crippen molar-refractivity contribution in [1.29, 1.82) is 0 Å². The summed E-state index contributed by atoms with van der Waals surface area (Å²) in [6.07, 6.45) is 6.13. The molecule has 0 aromatic carbocycles. The Morgan fingerprint density at radius 1 is 1.22 bits per heavy atom. The van der Waals surface area contributed by atoms with Crippen LogP contribution in [0.2, 0.25) is 0 Å². The van der Waals surface area contributed by atoms with Crippen LogP contribution in [0.3, 0.4) is 0 Å². The zero-order valence-electron chi connectivity index (χ0n) is 12.4. The minimum atomic E-state index is 0.0745. The van der Waals surface area contributed by atoms with E-state index in [1.807, 2.05) is 0 Å². The molecule has 0 atom stereocenters. The molecule has 0 radical (unpaired) electrons. The number of nitrogens with zero attached hydrogens (tertiary/aromatic N) is 1. The summed E-state index contributed by atoms with van der Waals surface area (Å²) in [6, 6.07) is 0.412. The Labute approximate surface area is 111 Å². The standard InChI is InChI=1S/C14H29N3O/c1-14(2,17(3)4)11-15-10-13(18)16-12-8-6-5-7-9-12/h12,15H,5-11H2,1-4H3,(H,16,18). The van der Waals surface area contributed by atoms with Crippen molar-refractivity contribution in [1.82, 2.24) is 15.5 Å². The molecular weight excluding hydrogens is 226 g/mol. The molecule has 1 fully saturated rings. The number of hydrogen-bond donors (Lipinski definition) is 2. The van der Waals surface area contributed by atoms with Gasteiger partial charge < -0.3 is 15.5 Å². The highest BCUT2D eigenvalue weighted by Crippen LogP contribution is 2.17. The van der Waals surface area contributed by atoms with Gasteiger partial charge in [-0.15, -0.1) is 0 Å². The van der Waals surface area contributed by atoms with E-state index in [4.69, 9.17) is 0 Å². The Kier molecular flexibility index (Phi) is 6.09. The Hall–Kier alpha value is -0.610. The second-order valence-electron chi connectivity index (χ2n) is 6.21. The van der Waals surface area contributed by atoms with E-state index in [9.17, 15) is 4.79 Å². The number of hydrogen-bond acceptors (Lipinski definition) is 3. The molecule has 1 aliphatic rings. The summed E-state index contributed by atoms with van der Waals surface area (Å²) in [4.78, 5) is 13.9. The van der Waals surface area contributed by atoms with Gasteiger partial charge >= 0.3 is 0 Å². The molecule has 0 bridgehead atoms. The van der Waals surface area contributed by atoms with E-state index in [0.717, 1.165) is 19.4 Å². The first-order valence-electron chi connectivity index (χ1n) is 7.09. The van der Waals surface area contributed by atoms with Crippen molar-refractivity contribution in [3.8, 4) is 0 Å². The number of amides is 1. The first kappa shape index (κ1) is 15.4. The second kappa shape index (κ2) is 7.10. The van der Waals surface area contributed by atoms with Crippen molar-refractivity contribution < 1.29 is 4.79 Å². The van der Waals surface area contributed by atoms with Crippen molar-refractivity contribution in [2.24, 2.45) is 0 Å². The number of likely N-dealkylation sites (N-methyl/N-ethyl adjacent to an activating group) is 1. The molecule has 4 heteroatoms. The second-order valence-corrected chi connectivity index (χ2v) is 6.21. The van der Waals surface area contributed by atoms with Gasteiger partial charge in [-0.3, -0.25) is 4.79 Å². The van der Waals surface area contributed by atoms with E-state index in [-0.39, 0.29) is 11.4 Å². The zero-order chi connectivity index (χ0) is 13.6. The fraction of sp³-hybridized carbons (Fsp3) is 0.929. The Morgan fingerprint density at radius 2 is 1.83 bits per heavy atom. The van der Waals surface area contributed by atoms with Crippen molar-refractivity contribution in [3.05, 3.63) is 0 Å². The maximum absolute atomic E-state index is 11.8. The Morgan fingerprint density at radius 3 is 2.39 bits per heavy atom. The highest BCUT2D eigenvalue weighted by molar-refractivity contribution is 5.78. The summed E-state index contributed by atoms with van der Waals surface area (Å²) < 4.78 is 0. The molecule has 1 rings (SSSR count). The number of carbonyl (C=O) groups excluding carboxylic acids is 1. The smallest absolute Gasteiger partial charge is 0.234 e. The van der Waals surface area contributed by atoms with E-state index in [1.54, 1.807) is 0 Å². The molecule has 0 aliphatic heterocycles. The zero-order valence-corrected chi connectivity index (χ0v) is 12.4. The van der Waals surface area contributed by atoms with Crippen molar-refractivity contribution in [2.75, 3.05) is 27.2 Å². The summed E-state index contributed by atoms with van der Waals surface area (Å²) >= 11 is 0. The van der Waals surface area contributed by atoms with Gasteiger partial charge in [-0.1, -0.05) is 19.3 Å². The number of nitrogens with one attached hydrogen (secondary N) is 2. The highest BCUT2D eigenvalue weighted by Gasteiger charge is 2.20. The largest absolute Gasteiger partial charge is 0.352 e. The lowest BCUT2D eigenvalue weighted by Gasteiger charge is -2.32. The van der Waals surface area contributed by atoms with Gasteiger partial charge in [0.05, 0.1) is 6.54 Å². The molecule has 1 aliphatic carbocycles. The van der Waals surface area contributed by atoms with Crippen LogP contribution in [0.25, 0.3) is 0 Å². The van der Waals surface area contributed by atoms with Crippen LogP contribution in [0, 0.1) is 0 Å². The Balaban J connectivity index is 2.17. The van der Waals surface area contributed by atoms with E-state index in [2.05, 4.69) is 43.5 Å². The summed E-state index contributed by atoms with van der Waals surface area (Å²) in [5.74, 6) is 0.136. The molecule has 0 saturated heterocycles. The predicted molar refractivity (Wildman–Crippen MR) is 75.7 cm³/mol. The SMILES string of the molecule is CN(C)C(C)(C)CNCC(=O)NC1CCCCC1. The lowest BCUT2D eigenvalue weighted by molar-refractivity contribution is -0.121. The van der Waals surface area contributed by atoms with Gasteiger partial charge in [-0.05, 0) is 40.8 Å². The number of rotatable bonds is 6. The maximum atomic E-state index is 11.8. The van der Waals surface area contributed by atoms with E-state index >= 15 is 0 Å². The molecule has 0 aromatic heterocycles. The van der Waals surface area contributed by atoms with Crippen LogP contribution in [0.5, 0.6) is 0 Å². The van der Waals surface area contributed by atoms with Gasteiger partial charge in [0.25, 0.3) is 0 Å². The first-order chi connectivity index (χ1) is 8.42. The third kappa shape index (κ3) is 5.36. The van der Waals surface area contributed by atoms with Crippen LogP contribution >= 0.6 is 0 Å². The minimum Gasteiger partial charge on any atom is -0.352 e. The fourth-order valence-electron chi connectivity index (χ4n) is 2.17. The quantitative estimate of drug-likeness (QED) is 0.753. The van der Waals surface area contributed by atoms with Crippen LogP contribution in [-0.4, -0.2) is 49.6 Å². The van der Waals surface area contributed by atoms with Crippen molar-refractivity contribution in [3.63, 3.8) is 0 Å². The monoisotopic (exact) mass is 255 g/mol. The summed E-state index contributed by atoms with van der Waals surface area (Å²) in [5.41, 5.74) is 0.0745. The Bertz CT molecular complexity index is 258. The van der Waals surface area contributed by atoms with Gasteiger partial charge in [0.2, 0.25) is 5.91 Å². The third-order valence-electron chi connectivity index (χ3n) is 4.02. The molecule has 0 spiro atoms. The van der Waals surface area contributed by atoms with E-state index in [0.29, 0.717) is 12.6 Å². The summed E-state index contributed by atoms with van der Waals surface area (Å²) in [6.45, 7) is 5.57. The average molecular weight is 255 g/mol. The molecule has 1 amide bonds. The van der Waals surface area contributed by atoms with Crippen molar-refractivity contribution >= 4 is 5.91 Å². The summed E-state index contributed by atoms with van der Waals surface area (Å²) in [5, 5.41) is 6.36. The van der Waals surface area contributed by atoms with Gasteiger partial charge in [0.1, 0.15) is 0 Å². The third-order valence-corrected chi connectivity index (χ3v) is 4.02. The van der Waals surface area contributed by atoms with Gasteiger partial charge in [-0.25, -0.2) is 0 Å². The highest BCUT2D eigenvalue weighted by atomic mass is 16.1. The van der Waals surface area contributed by atoms with Gasteiger partial charge in [0.15, 0.2) is 0 Å². The average Bonchev–Trinajstić information content (AvgIpc) is 2.29. The van der Waals surface area contributed by atoms with Crippen LogP contribution in [0.15, 0.2) is 0 Å². The first-order valence-corrected chi connectivity index (χ1v) is 7.09. The fourth-order valence-corrected chi connectivity index (χ4v) is 2.17. The van der Waals surface area contributed by atoms with E-state index in [1.165, 1.54) is 19.3 Å². The molecule has 0 aromatic rings. The normalized spacial score (nSPS) is 18.1. The molecular formula is C14H29N3O. The molecule has 1 saturated carbocycles. The number of carbonyl (C=O) groups is 1. The van der Waals surface area contributed by atoms with E-state index < -0.39 is 0 Å². The molecule has 0 heterocycles. The lowest BCUT2D eigenvalue weighted by Crippen LogP contribution is -2.49. The molecule has 0 unspecified atom stereocenters. The minimum absolute atomic E-state index is 0.0745. The van der Waals surface area contributed by atoms with Gasteiger partial charge in [0, 0.05) is 18.1 Å². The molecule has 18 heavy (non-hydrogen) atoms. The van der Waals surface area contributed by atoms with Crippen LogP contribution < -0.4 is 10.6 Å². The summed E-state index contributed by atoms with van der Waals surface area (Å²) in [7, 11) is 4.12. The molecule has 106 valence electrons. The van der Waals surface area contributed by atoms with Crippen LogP contribution in [0.4, 0.5) is 0 Å². The molecule has 2 N–H and O–H groups in total. The molecule has 4 nitrogen and oxygen atoms in total. The lowest BCUT2D eigenvalue weighted by atomic mass is 9.95. The van der Waals surface area contributed by atoms with Crippen LogP contribution in [0.1, 0.15) is 46.0 Å².